The van der Waals surface area contributed by atoms with E-state index in [1.54, 1.807) is 37.3 Å². The molecule has 1 aliphatic rings. The van der Waals surface area contributed by atoms with Gasteiger partial charge in [0.1, 0.15) is 22.5 Å². The van der Waals surface area contributed by atoms with E-state index in [4.69, 9.17) is 9.02 Å². The number of oxime groups is 1. The highest BCUT2D eigenvalue weighted by molar-refractivity contribution is 7.87. The number of ether oxygens (including phenoxy) is 1. The summed E-state index contributed by atoms with van der Waals surface area (Å²) >= 11 is 0. The van der Waals surface area contributed by atoms with Crippen molar-refractivity contribution in [1.29, 1.82) is 0 Å². The van der Waals surface area contributed by atoms with E-state index in [1.165, 1.54) is 24.3 Å². The van der Waals surface area contributed by atoms with Crippen molar-refractivity contribution in [3.8, 4) is 5.75 Å². The van der Waals surface area contributed by atoms with Crippen molar-refractivity contribution in [2.75, 3.05) is 7.11 Å². The molecule has 162 valence electrons. The van der Waals surface area contributed by atoms with E-state index in [-0.39, 0.29) is 9.79 Å². The first-order chi connectivity index (χ1) is 14.6. The minimum atomic E-state index is -4.11. The Morgan fingerprint density at radius 2 is 1.58 bits per heavy atom. The molecule has 3 aromatic carbocycles. The van der Waals surface area contributed by atoms with Gasteiger partial charge in [0.25, 0.3) is 10.1 Å². The summed E-state index contributed by atoms with van der Waals surface area (Å²) in [6, 6.07) is 14.1. The molecule has 8 nitrogen and oxygen atoms in total. The lowest BCUT2D eigenvalue weighted by Crippen LogP contribution is -2.18. The monoisotopic (exact) mass is 461 g/mol. The van der Waals surface area contributed by atoms with Gasteiger partial charge in [0.15, 0.2) is 0 Å². The molecule has 0 saturated carbocycles. The maximum absolute atomic E-state index is 12.5. The molecule has 0 radical (unpaired) electrons. The van der Waals surface area contributed by atoms with Gasteiger partial charge < -0.3 is 4.74 Å². The zero-order valence-corrected chi connectivity index (χ0v) is 18.5. The Bertz CT molecular complexity index is 1410. The third-order valence-corrected chi connectivity index (χ3v) is 7.34. The molecule has 1 atom stereocenters. The number of rotatable bonds is 5. The van der Waals surface area contributed by atoms with Crippen LogP contribution in [0.3, 0.4) is 0 Å². The molecule has 1 unspecified atom stereocenters. The van der Waals surface area contributed by atoms with E-state index in [0.29, 0.717) is 27.8 Å². The molecule has 0 saturated heterocycles. The number of nitrogens with zero attached hydrogens (tertiary/aromatic N) is 1. The van der Waals surface area contributed by atoms with Crippen LogP contribution in [0.1, 0.15) is 18.1 Å². The summed E-state index contributed by atoms with van der Waals surface area (Å²) in [7, 11) is -6.88. The molecule has 0 N–H and O–H groups in total. The first kappa shape index (κ1) is 21.3. The van der Waals surface area contributed by atoms with Gasteiger partial charge in [-0.15, -0.1) is 0 Å². The number of benzene rings is 3. The van der Waals surface area contributed by atoms with Crippen LogP contribution in [0, 0.1) is 6.92 Å². The second kappa shape index (κ2) is 7.63. The fourth-order valence-corrected chi connectivity index (χ4v) is 4.74. The molecule has 0 spiro atoms. The van der Waals surface area contributed by atoms with Crippen LogP contribution in [0.4, 0.5) is 0 Å². The highest BCUT2D eigenvalue weighted by atomic mass is 32.2. The Morgan fingerprint density at radius 1 is 0.903 bits per heavy atom. The predicted octanol–water partition coefficient (Wildman–Crippen LogP) is 3.37. The lowest BCUT2D eigenvalue weighted by Gasteiger charge is -2.08. The van der Waals surface area contributed by atoms with Crippen molar-refractivity contribution in [2.24, 2.45) is 5.16 Å². The highest BCUT2D eigenvalue weighted by Gasteiger charge is 2.31. The number of fused-ring (bicyclic) bond motifs is 3. The Hall–Kier alpha value is -2.95. The average molecular weight is 462 g/mol. The molecular formula is C21H19NO7S2. The predicted molar refractivity (Wildman–Crippen MR) is 114 cm³/mol. The van der Waals surface area contributed by atoms with Gasteiger partial charge in [-0.1, -0.05) is 35.0 Å². The van der Waals surface area contributed by atoms with Gasteiger partial charge in [-0.25, -0.2) is 0 Å². The third-order valence-electron chi connectivity index (χ3n) is 4.95. The van der Waals surface area contributed by atoms with Gasteiger partial charge in [-0.3, -0.25) is 8.47 Å². The summed E-state index contributed by atoms with van der Waals surface area (Å²) in [5, 5.41) is 5.16. The minimum Gasteiger partial charge on any atom is -0.484 e. The van der Waals surface area contributed by atoms with E-state index in [0.717, 1.165) is 12.7 Å². The highest BCUT2D eigenvalue weighted by Crippen LogP contribution is 2.36. The molecule has 31 heavy (non-hydrogen) atoms. The zero-order chi connectivity index (χ0) is 22.4. The quantitative estimate of drug-likeness (QED) is 0.423. The largest absolute Gasteiger partial charge is 0.484 e. The van der Waals surface area contributed by atoms with E-state index < -0.39 is 26.3 Å². The summed E-state index contributed by atoms with van der Waals surface area (Å²) in [5.41, 5.74) is 1.75. The van der Waals surface area contributed by atoms with E-state index in [2.05, 4.69) is 9.34 Å². The molecule has 0 bridgehead atoms. The Balaban J connectivity index is 1.77. The lowest BCUT2D eigenvalue weighted by molar-refractivity contribution is 0.291. The zero-order valence-electron chi connectivity index (χ0n) is 16.9. The smallest absolute Gasteiger partial charge is 0.358 e. The normalized spacial score (nSPS) is 17.5. The van der Waals surface area contributed by atoms with Crippen molar-refractivity contribution in [3.05, 3.63) is 65.7 Å². The van der Waals surface area contributed by atoms with Crippen LogP contribution in [0.5, 0.6) is 5.75 Å². The Labute approximate surface area is 180 Å². The second-order valence-corrected chi connectivity index (χ2v) is 10.3. The van der Waals surface area contributed by atoms with Crippen LogP contribution >= 0.6 is 0 Å². The number of hydrogen-bond donors (Lipinski definition) is 0. The Morgan fingerprint density at radius 3 is 2.26 bits per heavy atom. The summed E-state index contributed by atoms with van der Waals surface area (Å²) < 4.78 is 64.4. The molecule has 0 amide bonds. The summed E-state index contributed by atoms with van der Waals surface area (Å²) in [4.78, 5) is -0.00678. The van der Waals surface area contributed by atoms with Crippen LogP contribution in [-0.2, 0) is 28.7 Å². The van der Waals surface area contributed by atoms with Crippen molar-refractivity contribution in [3.63, 3.8) is 0 Å². The van der Waals surface area contributed by atoms with Gasteiger partial charge in [0.2, 0.25) is 0 Å². The maximum atomic E-state index is 12.5. The first-order valence-electron chi connectivity index (χ1n) is 9.25. The van der Waals surface area contributed by atoms with Gasteiger partial charge >= 0.3 is 10.1 Å². The minimum absolute atomic E-state index is 0.00565. The van der Waals surface area contributed by atoms with Crippen molar-refractivity contribution in [2.45, 2.75) is 29.7 Å². The summed E-state index contributed by atoms with van der Waals surface area (Å²) in [5.74, 6) is 0.498. The molecule has 1 aliphatic heterocycles. The molecular weight excluding hydrogens is 442 g/mol. The fourth-order valence-electron chi connectivity index (χ4n) is 3.31. The number of aryl methyl sites for hydroxylation is 1. The van der Waals surface area contributed by atoms with Crippen molar-refractivity contribution >= 4 is 36.7 Å². The summed E-state index contributed by atoms with van der Waals surface area (Å²) in [6.45, 7) is 3.57. The van der Waals surface area contributed by atoms with Gasteiger partial charge in [0, 0.05) is 0 Å². The van der Waals surface area contributed by atoms with E-state index >= 15 is 0 Å². The average Bonchev–Trinajstić information content (AvgIpc) is 3.07. The maximum Gasteiger partial charge on any atom is 0.358 e. The number of hydrogen-bond acceptors (Lipinski definition) is 8. The molecule has 0 aromatic heterocycles. The lowest BCUT2D eigenvalue weighted by atomic mass is 10.00. The van der Waals surface area contributed by atoms with Gasteiger partial charge in [0.05, 0.1) is 17.6 Å². The van der Waals surface area contributed by atoms with Crippen molar-refractivity contribution < 1.29 is 30.0 Å². The van der Waals surface area contributed by atoms with Crippen molar-refractivity contribution in [1.82, 2.24) is 0 Å². The van der Waals surface area contributed by atoms with Crippen LogP contribution in [-0.4, -0.2) is 35.8 Å². The standard InChI is InChI=1S/C21H19NO7S2/c1-13-4-7-16(8-5-13)31(25,26)29-22-21-14(2)28-19-11-6-15-12-17(30(23,24)27-3)9-10-18(15)20(19)21/h4-12,14H,1-3H3/b22-21+. The van der Waals surface area contributed by atoms with E-state index in [1.807, 2.05) is 6.92 Å². The molecule has 3 aromatic rings. The molecule has 10 heteroatoms. The topological polar surface area (TPSA) is 108 Å². The summed E-state index contributed by atoms with van der Waals surface area (Å²) in [6.07, 6.45) is -0.559. The van der Waals surface area contributed by atoms with Gasteiger partial charge in [-0.2, -0.15) is 16.8 Å². The second-order valence-electron chi connectivity index (χ2n) is 7.02. The molecule has 4 rings (SSSR count). The SMILES string of the molecule is COS(=O)(=O)c1ccc2c3c(ccc2c1)OC(C)/C3=N\OS(=O)(=O)c1ccc(C)cc1. The van der Waals surface area contributed by atoms with E-state index in [9.17, 15) is 16.8 Å². The fraction of sp³-hybridized carbons (Fsp3) is 0.190. The molecule has 0 fully saturated rings. The van der Waals surface area contributed by atoms with Crippen LogP contribution in [0.25, 0.3) is 10.8 Å². The van der Waals surface area contributed by atoms with Crippen LogP contribution in [0.2, 0.25) is 0 Å². The molecule has 1 heterocycles. The first-order valence-corrected chi connectivity index (χ1v) is 12.1. The van der Waals surface area contributed by atoms with Gasteiger partial charge in [-0.05, 0) is 55.0 Å². The Kier molecular flexibility index (Phi) is 5.24. The van der Waals surface area contributed by atoms with Crippen LogP contribution < -0.4 is 4.74 Å². The molecule has 0 aliphatic carbocycles. The third kappa shape index (κ3) is 3.89. The van der Waals surface area contributed by atoms with Crippen LogP contribution in [0.15, 0.2) is 69.5 Å².